The molecule has 0 radical (unpaired) electrons. The fourth-order valence-electron chi connectivity index (χ4n) is 2.84. The minimum Gasteiger partial charge on any atom is -0.238 e. The van der Waals surface area contributed by atoms with Gasteiger partial charge in [0.25, 0.3) is 0 Å². The van der Waals surface area contributed by atoms with E-state index in [9.17, 15) is 0 Å². The first-order chi connectivity index (χ1) is 11.5. The van der Waals surface area contributed by atoms with Crippen LogP contribution in [0, 0.1) is 13.8 Å². The summed E-state index contributed by atoms with van der Waals surface area (Å²) in [7, 11) is 0. The highest BCUT2D eigenvalue weighted by atomic mass is 35.5. The molecule has 3 rings (SSSR count). The summed E-state index contributed by atoms with van der Waals surface area (Å²) in [5, 5.41) is 1.52. The minimum absolute atomic E-state index is 0.684. The van der Waals surface area contributed by atoms with Gasteiger partial charge in [-0.3, -0.25) is 0 Å². The van der Waals surface area contributed by atoms with Crippen molar-refractivity contribution in [1.29, 1.82) is 0 Å². The molecule has 3 aromatic rings. The maximum atomic E-state index is 6.33. The second-order valence-electron chi connectivity index (χ2n) is 5.82. The molecule has 0 fully saturated rings. The van der Waals surface area contributed by atoms with E-state index in [1.807, 2.05) is 62.4 Å². The van der Waals surface area contributed by atoms with Crippen LogP contribution in [0.1, 0.15) is 33.9 Å². The molecule has 2 nitrogen and oxygen atoms in total. The molecule has 0 amide bonds. The Bertz CT molecular complexity index is 875. The average molecular weight is 357 g/mol. The Hall–Kier alpha value is -1.90. The highest BCUT2D eigenvalue weighted by Crippen LogP contribution is 2.25. The molecule has 4 heteroatoms. The molecule has 0 aliphatic carbocycles. The Morgan fingerprint density at radius 1 is 0.750 bits per heavy atom. The predicted octanol–water partition coefficient (Wildman–Crippen LogP) is 5.58. The van der Waals surface area contributed by atoms with E-state index < -0.39 is 0 Å². The van der Waals surface area contributed by atoms with Crippen molar-refractivity contribution in [1.82, 2.24) is 9.97 Å². The maximum absolute atomic E-state index is 6.33. The van der Waals surface area contributed by atoms with Crippen LogP contribution in [-0.2, 0) is 12.8 Å². The predicted molar refractivity (Wildman–Crippen MR) is 100 cm³/mol. The molecule has 122 valence electrons. The summed E-state index contributed by atoms with van der Waals surface area (Å²) in [6.07, 6.45) is 1.40. The van der Waals surface area contributed by atoms with Crippen LogP contribution in [0.3, 0.4) is 0 Å². The number of hydrogen-bond donors (Lipinski definition) is 0. The first kappa shape index (κ1) is 16.9. The van der Waals surface area contributed by atoms with Crippen molar-refractivity contribution in [2.45, 2.75) is 26.7 Å². The van der Waals surface area contributed by atoms with Gasteiger partial charge in [-0.25, -0.2) is 9.97 Å². The number of aromatic nitrogens is 2. The van der Waals surface area contributed by atoms with E-state index >= 15 is 0 Å². The van der Waals surface area contributed by atoms with Crippen molar-refractivity contribution in [2.24, 2.45) is 0 Å². The minimum atomic E-state index is 0.684. The molecular formula is C20H18Cl2N2. The monoisotopic (exact) mass is 356 g/mol. The van der Waals surface area contributed by atoms with Crippen LogP contribution in [0.2, 0.25) is 10.0 Å². The number of nitrogens with zero attached hydrogens (tertiary/aromatic N) is 2. The largest absolute Gasteiger partial charge is 0.238 e. The fourth-order valence-corrected chi connectivity index (χ4v) is 3.24. The SMILES string of the molecule is Cc1nc(C)c(Cc2ccccc2Cl)c(Cc2ccccc2Cl)n1. The number of hydrogen-bond acceptors (Lipinski definition) is 2. The van der Waals surface area contributed by atoms with Crippen LogP contribution in [0.4, 0.5) is 0 Å². The Morgan fingerprint density at radius 3 is 1.88 bits per heavy atom. The molecule has 0 saturated carbocycles. The summed E-state index contributed by atoms with van der Waals surface area (Å²) in [5.41, 5.74) is 5.26. The molecule has 0 atom stereocenters. The number of aryl methyl sites for hydroxylation is 2. The molecule has 0 N–H and O–H groups in total. The van der Waals surface area contributed by atoms with Crippen LogP contribution < -0.4 is 0 Å². The second-order valence-corrected chi connectivity index (χ2v) is 6.63. The first-order valence-electron chi connectivity index (χ1n) is 7.84. The number of halogens is 2. The van der Waals surface area contributed by atoms with Crippen molar-refractivity contribution in [3.63, 3.8) is 0 Å². The third-order valence-corrected chi connectivity index (χ3v) is 4.79. The summed E-state index contributed by atoms with van der Waals surface area (Å²) in [5.74, 6) is 0.775. The first-order valence-corrected chi connectivity index (χ1v) is 8.60. The normalized spacial score (nSPS) is 10.8. The van der Waals surface area contributed by atoms with E-state index in [-0.39, 0.29) is 0 Å². The van der Waals surface area contributed by atoms with Crippen LogP contribution in [-0.4, -0.2) is 9.97 Å². The van der Waals surface area contributed by atoms with Crippen LogP contribution in [0.15, 0.2) is 48.5 Å². The summed E-state index contributed by atoms with van der Waals surface area (Å²) in [6.45, 7) is 3.94. The van der Waals surface area contributed by atoms with Gasteiger partial charge in [-0.2, -0.15) is 0 Å². The van der Waals surface area contributed by atoms with Crippen molar-refractivity contribution in [3.8, 4) is 0 Å². The lowest BCUT2D eigenvalue weighted by atomic mass is 9.98. The molecule has 0 bridgehead atoms. The van der Waals surface area contributed by atoms with Crippen LogP contribution in [0.5, 0.6) is 0 Å². The Morgan fingerprint density at radius 2 is 1.29 bits per heavy atom. The molecule has 0 saturated heterocycles. The van der Waals surface area contributed by atoms with Crippen molar-refractivity contribution in [2.75, 3.05) is 0 Å². The summed E-state index contributed by atoms with van der Waals surface area (Å²) < 4.78 is 0. The molecule has 1 aromatic heterocycles. The Kier molecular flexibility index (Phi) is 5.17. The summed E-state index contributed by atoms with van der Waals surface area (Å²) in [6, 6.07) is 15.8. The lowest BCUT2D eigenvalue weighted by Crippen LogP contribution is -2.08. The average Bonchev–Trinajstić information content (AvgIpc) is 2.54. The third-order valence-electron chi connectivity index (χ3n) is 4.05. The molecule has 24 heavy (non-hydrogen) atoms. The maximum Gasteiger partial charge on any atom is 0.125 e. The van der Waals surface area contributed by atoms with Crippen LogP contribution in [0.25, 0.3) is 0 Å². The van der Waals surface area contributed by atoms with Gasteiger partial charge in [0.05, 0.1) is 5.69 Å². The molecule has 2 aromatic carbocycles. The van der Waals surface area contributed by atoms with Gasteiger partial charge < -0.3 is 0 Å². The summed E-state index contributed by atoms with van der Waals surface area (Å²) >= 11 is 12.7. The third kappa shape index (κ3) is 3.77. The molecule has 0 spiro atoms. The van der Waals surface area contributed by atoms with Crippen molar-refractivity contribution in [3.05, 3.63) is 92.5 Å². The van der Waals surface area contributed by atoms with E-state index in [1.54, 1.807) is 0 Å². The smallest absolute Gasteiger partial charge is 0.125 e. The van der Waals surface area contributed by atoms with Crippen molar-refractivity contribution >= 4 is 23.2 Å². The van der Waals surface area contributed by atoms with E-state index in [0.717, 1.165) is 43.9 Å². The highest BCUT2D eigenvalue weighted by molar-refractivity contribution is 6.31. The highest BCUT2D eigenvalue weighted by Gasteiger charge is 2.14. The van der Waals surface area contributed by atoms with E-state index in [0.29, 0.717) is 12.8 Å². The van der Waals surface area contributed by atoms with E-state index in [1.165, 1.54) is 0 Å². The van der Waals surface area contributed by atoms with Gasteiger partial charge in [-0.15, -0.1) is 0 Å². The number of benzene rings is 2. The zero-order chi connectivity index (χ0) is 17.1. The Labute approximate surface area is 152 Å². The lowest BCUT2D eigenvalue weighted by Gasteiger charge is -2.14. The number of rotatable bonds is 4. The second kappa shape index (κ2) is 7.33. The van der Waals surface area contributed by atoms with Gasteiger partial charge in [0.2, 0.25) is 0 Å². The molecule has 1 heterocycles. The van der Waals surface area contributed by atoms with Gasteiger partial charge in [-0.1, -0.05) is 59.6 Å². The molecule has 0 aliphatic heterocycles. The van der Waals surface area contributed by atoms with Gasteiger partial charge in [0.15, 0.2) is 0 Å². The fraction of sp³-hybridized carbons (Fsp3) is 0.200. The topological polar surface area (TPSA) is 25.8 Å². The summed E-state index contributed by atoms with van der Waals surface area (Å²) in [4.78, 5) is 9.22. The van der Waals surface area contributed by atoms with Gasteiger partial charge >= 0.3 is 0 Å². The molecule has 0 aliphatic rings. The van der Waals surface area contributed by atoms with Crippen molar-refractivity contribution < 1.29 is 0 Å². The zero-order valence-corrected chi connectivity index (χ0v) is 15.2. The van der Waals surface area contributed by atoms with E-state index in [2.05, 4.69) is 9.97 Å². The van der Waals surface area contributed by atoms with E-state index in [4.69, 9.17) is 23.2 Å². The van der Waals surface area contributed by atoms with Crippen LogP contribution >= 0.6 is 23.2 Å². The zero-order valence-electron chi connectivity index (χ0n) is 13.7. The lowest BCUT2D eigenvalue weighted by molar-refractivity contribution is 0.893. The molecular weight excluding hydrogens is 339 g/mol. The standard InChI is InChI=1S/C20H18Cl2N2/c1-13-17(11-15-7-3-5-9-18(15)21)20(24-14(2)23-13)12-16-8-4-6-10-19(16)22/h3-10H,11-12H2,1-2H3. The molecule has 0 unspecified atom stereocenters. The quantitative estimate of drug-likeness (QED) is 0.609. The van der Waals surface area contributed by atoms with Gasteiger partial charge in [0, 0.05) is 28.6 Å². The van der Waals surface area contributed by atoms with Gasteiger partial charge in [0.1, 0.15) is 5.82 Å². The van der Waals surface area contributed by atoms with Gasteiger partial charge in [-0.05, 0) is 42.7 Å². The Balaban J connectivity index is 2.02.